The van der Waals surface area contributed by atoms with Crippen LogP contribution in [0.5, 0.6) is 0 Å². The zero-order valence-corrected chi connectivity index (χ0v) is 22.8. The maximum absolute atomic E-state index is 13.4. The molecule has 41 heavy (non-hydrogen) atoms. The molecule has 1 unspecified atom stereocenters. The maximum atomic E-state index is 13.4. The molecule has 5 aromatic rings. The second-order valence-electron chi connectivity index (χ2n) is 9.79. The first-order valence-electron chi connectivity index (χ1n) is 13.0. The van der Waals surface area contributed by atoms with Crippen LogP contribution in [0.4, 0.5) is 15.9 Å². The van der Waals surface area contributed by atoms with Gasteiger partial charge in [-0.15, -0.1) is 11.3 Å². The number of benzene rings is 2. The number of aromatic amines is 1. The van der Waals surface area contributed by atoms with Crippen molar-refractivity contribution in [3.8, 4) is 16.5 Å². The Hall–Kier alpha value is -4.90. The number of carbonyl (C=O) groups is 2. The summed E-state index contributed by atoms with van der Waals surface area (Å²) in [6.07, 6.45) is 0.441. The fourth-order valence-corrected chi connectivity index (χ4v) is 5.54. The molecule has 1 saturated heterocycles. The lowest BCUT2D eigenvalue weighted by atomic mass is 10.1. The lowest BCUT2D eigenvalue weighted by Gasteiger charge is -2.17. The molecule has 6 rings (SSSR count). The van der Waals surface area contributed by atoms with E-state index < -0.39 is 11.7 Å². The van der Waals surface area contributed by atoms with Gasteiger partial charge < -0.3 is 10.2 Å². The van der Waals surface area contributed by atoms with E-state index in [1.165, 1.54) is 45.2 Å². The number of thiophene rings is 1. The van der Waals surface area contributed by atoms with Crippen molar-refractivity contribution in [2.24, 2.45) is 5.92 Å². The molecule has 11 heteroatoms. The maximum Gasteiger partial charge on any atom is 0.256 e. The van der Waals surface area contributed by atoms with E-state index in [-0.39, 0.29) is 36.3 Å². The number of halogens is 1. The fraction of sp³-hybridized carbons (Fsp3) is 0.167. The topological polar surface area (TPSA) is 113 Å². The molecule has 0 aliphatic carbocycles. The molecule has 2 amide bonds. The molecule has 3 aromatic heterocycles. The number of nitrogens with one attached hydrogen (secondary N) is 2. The van der Waals surface area contributed by atoms with E-state index in [2.05, 4.69) is 20.4 Å². The normalized spacial score (nSPS) is 14.9. The number of aromatic nitrogens is 4. The van der Waals surface area contributed by atoms with Gasteiger partial charge in [0.15, 0.2) is 0 Å². The quantitative estimate of drug-likeness (QED) is 0.295. The van der Waals surface area contributed by atoms with Crippen molar-refractivity contribution in [1.29, 1.82) is 0 Å². The molecule has 0 radical (unpaired) electrons. The van der Waals surface area contributed by atoms with Crippen LogP contribution >= 0.6 is 11.3 Å². The zero-order chi connectivity index (χ0) is 28.5. The van der Waals surface area contributed by atoms with Crippen molar-refractivity contribution in [1.82, 2.24) is 19.7 Å². The summed E-state index contributed by atoms with van der Waals surface area (Å²) < 4.78 is 14.8. The summed E-state index contributed by atoms with van der Waals surface area (Å²) in [7, 11) is 0. The third-order valence-electron chi connectivity index (χ3n) is 7.00. The van der Waals surface area contributed by atoms with Gasteiger partial charge in [0.05, 0.1) is 16.5 Å². The summed E-state index contributed by atoms with van der Waals surface area (Å²) in [5.41, 5.74) is 2.92. The molecule has 0 spiro atoms. The van der Waals surface area contributed by atoms with Crippen molar-refractivity contribution in [3.63, 3.8) is 0 Å². The zero-order valence-electron chi connectivity index (χ0n) is 22.0. The van der Waals surface area contributed by atoms with E-state index in [4.69, 9.17) is 0 Å². The van der Waals surface area contributed by atoms with E-state index in [0.717, 1.165) is 10.4 Å². The van der Waals surface area contributed by atoms with Crippen molar-refractivity contribution >= 4 is 34.7 Å². The smallest absolute Gasteiger partial charge is 0.256 e. The second kappa shape index (κ2) is 10.9. The first-order valence-corrected chi connectivity index (χ1v) is 13.9. The molecule has 206 valence electrons. The molecule has 2 aromatic carbocycles. The van der Waals surface area contributed by atoms with Crippen LogP contribution in [0.3, 0.4) is 0 Å². The standard InChI is InChI=1S/C30H25FN6O3S/c1-18-23(14-19-6-3-2-4-7-19)29(40)34-30(32-18)37-26(16-24(35-37)25-8-5-13-41-25)33-28(39)20-15-27(38)36(17-20)22-11-9-21(31)10-12-22/h2-13,16,20H,14-15,17H2,1H3,(H,33,39)(H,32,34,40). The van der Waals surface area contributed by atoms with Crippen molar-refractivity contribution in [2.75, 3.05) is 16.8 Å². The predicted molar refractivity (Wildman–Crippen MR) is 155 cm³/mol. The third kappa shape index (κ3) is 5.44. The van der Waals surface area contributed by atoms with E-state index in [1.807, 2.05) is 47.8 Å². The Labute approximate surface area is 238 Å². The molecule has 9 nitrogen and oxygen atoms in total. The molecule has 2 N–H and O–H groups in total. The number of carbonyl (C=O) groups excluding carboxylic acids is 2. The molecular formula is C30H25FN6O3S. The van der Waals surface area contributed by atoms with Crippen molar-refractivity contribution < 1.29 is 14.0 Å². The highest BCUT2D eigenvalue weighted by Gasteiger charge is 2.35. The van der Waals surface area contributed by atoms with Gasteiger partial charge in [-0.2, -0.15) is 9.78 Å². The molecule has 0 saturated carbocycles. The summed E-state index contributed by atoms with van der Waals surface area (Å²) in [6, 6.07) is 20.8. The molecule has 0 bridgehead atoms. The first-order chi connectivity index (χ1) is 19.9. The summed E-state index contributed by atoms with van der Waals surface area (Å²) >= 11 is 1.49. The van der Waals surface area contributed by atoms with E-state index >= 15 is 0 Å². The Morgan fingerprint density at radius 1 is 1.10 bits per heavy atom. The van der Waals surface area contributed by atoms with Gasteiger partial charge in [0.2, 0.25) is 17.8 Å². The van der Waals surface area contributed by atoms with Crippen LogP contribution in [0, 0.1) is 18.7 Å². The minimum Gasteiger partial charge on any atom is -0.312 e. The fourth-order valence-electron chi connectivity index (χ4n) is 4.86. The van der Waals surface area contributed by atoms with Crippen LogP contribution in [0.1, 0.15) is 23.2 Å². The number of anilines is 2. The van der Waals surface area contributed by atoms with Gasteiger partial charge in [0, 0.05) is 36.7 Å². The number of H-pyrrole nitrogens is 1. The summed E-state index contributed by atoms with van der Waals surface area (Å²) in [6.45, 7) is 1.93. The largest absolute Gasteiger partial charge is 0.312 e. The highest BCUT2D eigenvalue weighted by Crippen LogP contribution is 2.30. The molecule has 4 heterocycles. The summed E-state index contributed by atoms with van der Waals surface area (Å²) in [4.78, 5) is 49.1. The van der Waals surface area contributed by atoms with Crippen LogP contribution < -0.4 is 15.8 Å². The minimum absolute atomic E-state index is 0.0114. The summed E-state index contributed by atoms with van der Waals surface area (Å²) in [5.74, 6) is -1.16. The Morgan fingerprint density at radius 3 is 2.59 bits per heavy atom. The van der Waals surface area contributed by atoms with Crippen LogP contribution in [0.15, 0.2) is 83.0 Å². The van der Waals surface area contributed by atoms with Crippen molar-refractivity contribution in [2.45, 2.75) is 19.8 Å². The molecular weight excluding hydrogens is 543 g/mol. The summed E-state index contributed by atoms with van der Waals surface area (Å²) in [5, 5.41) is 9.46. The SMILES string of the molecule is Cc1nc(-n2nc(-c3cccs3)cc2NC(=O)C2CC(=O)N(c3ccc(F)cc3)C2)[nH]c(=O)c1Cc1ccccc1. The highest BCUT2D eigenvalue weighted by molar-refractivity contribution is 7.13. The number of nitrogens with zero attached hydrogens (tertiary/aromatic N) is 4. The molecule has 1 aliphatic heterocycles. The first kappa shape index (κ1) is 26.3. The van der Waals surface area contributed by atoms with E-state index in [1.54, 1.807) is 13.0 Å². The van der Waals surface area contributed by atoms with Gasteiger partial charge in [0.25, 0.3) is 5.56 Å². The second-order valence-corrected chi connectivity index (χ2v) is 10.7. The van der Waals surface area contributed by atoms with Crippen LogP contribution in [0.2, 0.25) is 0 Å². The lowest BCUT2D eigenvalue weighted by Crippen LogP contribution is -2.29. The van der Waals surface area contributed by atoms with Gasteiger partial charge in [-0.05, 0) is 48.2 Å². The highest BCUT2D eigenvalue weighted by atomic mass is 32.1. The van der Waals surface area contributed by atoms with Gasteiger partial charge in [-0.1, -0.05) is 36.4 Å². The third-order valence-corrected chi connectivity index (χ3v) is 7.89. The van der Waals surface area contributed by atoms with Gasteiger partial charge >= 0.3 is 0 Å². The minimum atomic E-state index is -0.636. The predicted octanol–water partition coefficient (Wildman–Crippen LogP) is 4.71. The number of aryl methyl sites for hydroxylation is 1. The Bertz CT molecular complexity index is 1780. The Kier molecular flexibility index (Phi) is 7.02. The average Bonchev–Trinajstić information content (AvgIpc) is 3.72. The van der Waals surface area contributed by atoms with Gasteiger partial charge in [-0.25, -0.2) is 9.37 Å². The van der Waals surface area contributed by atoms with Gasteiger partial charge in [-0.3, -0.25) is 19.4 Å². The lowest BCUT2D eigenvalue weighted by molar-refractivity contribution is -0.122. The number of hydrogen-bond acceptors (Lipinski definition) is 6. The Morgan fingerprint density at radius 2 is 1.88 bits per heavy atom. The van der Waals surface area contributed by atoms with E-state index in [9.17, 15) is 18.8 Å². The Balaban J connectivity index is 1.29. The van der Waals surface area contributed by atoms with Crippen LogP contribution in [-0.2, 0) is 16.0 Å². The van der Waals surface area contributed by atoms with Gasteiger partial charge in [0.1, 0.15) is 17.3 Å². The van der Waals surface area contributed by atoms with Crippen molar-refractivity contribution in [3.05, 3.63) is 111 Å². The molecule has 1 fully saturated rings. The van der Waals surface area contributed by atoms with E-state index in [0.29, 0.717) is 34.9 Å². The molecule has 1 aliphatic rings. The number of amides is 2. The number of hydrogen-bond donors (Lipinski definition) is 2. The average molecular weight is 569 g/mol. The molecule has 1 atom stereocenters. The van der Waals surface area contributed by atoms with Crippen LogP contribution in [-0.4, -0.2) is 38.1 Å². The number of rotatable bonds is 7. The monoisotopic (exact) mass is 568 g/mol. The van der Waals surface area contributed by atoms with Crippen LogP contribution in [0.25, 0.3) is 16.5 Å².